The highest BCUT2D eigenvalue weighted by Crippen LogP contribution is 2.34. The fourth-order valence-corrected chi connectivity index (χ4v) is 4.14. The quantitative estimate of drug-likeness (QED) is 0.546. The third kappa shape index (κ3) is 4.54. The van der Waals surface area contributed by atoms with Crippen LogP contribution in [0.5, 0.6) is 0 Å². The van der Waals surface area contributed by atoms with Crippen LogP contribution in [0, 0.1) is 5.82 Å². The summed E-state index contributed by atoms with van der Waals surface area (Å²) in [6.45, 7) is 6.36. The van der Waals surface area contributed by atoms with Gasteiger partial charge in [0.25, 0.3) is 5.91 Å². The van der Waals surface area contributed by atoms with E-state index in [0.29, 0.717) is 68.5 Å². The number of rotatable bonds is 6. The smallest absolute Gasteiger partial charge is 0.287 e. The summed E-state index contributed by atoms with van der Waals surface area (Å²) >= 11 is 0. The third-order valence-corrected chi connectivity index (χ3v) is 5.89. The molecule has 3 aromatic rings. The molecule has 0 atom stereocenters. The Balaban J connectivity index is 1.44. The number of aromatic amines is 1. The molecule has 5 rings (SSSR count). The molecule has 0 saturated carbocycles. The number of morpholine rings is 2. The van der Waals surface area contributed by atoms with Gasteiger partial charge in [-0.2, -0.15) is 5.10 Å². The van der Waals surface area contributed by atoms with E-state index in [-0.39, 0.29) is 17.4 Å². The predicted molar refractivity (Wildman–Crippen MR) is 119 cm³/mol. The summed E-state index contributed by atoms with van der Waals surface area (Å²) in [6.07, 6.45) is 3.27. The van der Waals surface area contributed by atoms with Crippen LogP contribution in [0.25, 0.3) is 22.4 Å². The zero-order valence-corrected chi connectivity index (χ0v) is 18.5. The maximum Gasteiger partial charge on any atom is 0.287 e. The van der Waals surface area contributed by atoms with Crippen LogP contribution < -0.4 is 10.2 Å². The molecule has 0 aromatic carbocycles. The van der Waals surface area contributed by atoms with E-state index >= 15 is 4.39 Å². The van der Waals surface area contributed by atoms with E-state index in [0.717, 1.165) is 19.6 Å². The lowest BCUT2D eigenvalue weighted by Gasteiger charge is -2.29. The maximum absolute atomic E-state index is 15.7. The summed E-state index contributed by atoms with van der Waals surface area (Å²) in [5, 5.41) is 7.02. The molecule has 0 unspecified atom stereocenters. The second-order valence-electron chi connectivity index (χ2n) is 8.12. The van der Waals surface area contributed by atoms with Gasteiger partial charge in [0.1, 0.15) is 16.9 Å². The van der Waals surface area contributed by atoms with Crippen molar-refractivity contribution < 1.29 is 18.7 Å². The van der Waals surface area contributed by atoms with E-state index in [1.165, 1.54) is 0 Å². The number of ether oxygens (including phenoxy) is 2. The summed E-state index contributed by atoms with van der Waals surface area (Å²) in [5.41, 5.74) is 1.73. The van der Waals surface area contributed by atoms with E-state index in [1.54, 1.807) is 24.1 Å². The molecule has 11 nitrogen and oxygen atoms in total. The van der Waals surface area contributed by atoms with Crippen molar-refractivity contribution in [2.75, 3.05) is 70.6 Å². The highest BCUT2D eigenvalue weighted by atomic mass is 19.1. The Morgan fingerprint density at radius 3 is 2.58 bits per heavy atom. The van der Waals surface area contributed by atoms with Crippen molar-refractivity contribution in [3.8, 4) is 11.3 Å². The molecule has 1 amide bonds. The molecule has 2 saturated heterocycles. The van der Waals surface area contributed by atoms with E-state index in [2.05, 4.69) is 30.3 Å². The Labute approximate surface area is 189 Å². The lowest BCUT2D eigenvalue weighted by Crippen LogP contribution is -2.41. The summed E-state index contributed by atoms with van der Waals surface area (Å²) < 4.78 is 28.1. The maximum atomic E-state index is 15.7. The fraction of sp³-hybridized carbons (Fsp3) is 0.524. The first-order valence-corrected chi connectivity index (χ1v) is 11.1. The van der Waals surface area contributed by atoms with Crippen molar-refractivity contribution >= 4 is 22.8 Å². The summed E-state index contributed by atoms with van der Waals surface area (Å²) in [4.78, 5) is 28.8. The number of carbonyl (C=O) groups is 1. The molecule has 176 valence electrons. The molecule has 0 radical (unpaired) electrons. The van der Waals surface area contributed by atoms with Gasteiger partial charge in [-0.1, -0.05) is 0 Å². The number of nitrogens with one attached hydrogen (secondary N) is 2. The molecular weight excluding hydrogens is 431 g/mol. The first kappa shape index (κ1) is 21.7. The van der Waals surface area contributed by atoms with Crippen LogP contribution in [-0.2, 0) is 16.5 Å². The Morgan fingerprint density at radius 2 is 1.88 bits per heavy atom. The topological polar surface area (TPSA) is 113 Å². The fourth-order valence-electron chi connectivity index (χ4n) is 4.14. The van der Waals surface area contributed by atoms with Crippen LogP contribution in [0.1, 0.15) is 10.6 Å². The predicted octanol–water partition coefficient (Wildman–Crippen LogP) is 0.396. The molecule has 12 heteroatoms. The van der Waals surface area contributed by atoms with E-state index < -0.39 is 5.82 Å². The highest BCUT2D eigenvalue weighted by molar-refractivity contribution is 5.97. The van der Waals surface area contributed by atoms with Crippen LogP contribution in [0.4, 0.5) is 10.1 Å². The molecule has 0 aliphatic carbocycles. The van der Waals surface area contributed by atoms with Crippen molar-refractivity contribution in [1.82, 2.24) is 34.9 Å². The second-order valence-corrected chi connectivity index (χ2v) is 8.12. The minimum Gasteiger partial charge on any atom is -0.379 e. The van der Waals surface area contributed by atoms with E-state index in [4.69, 9.17) is 9.47 Å². The van der Waals surface area contributed by atoms with Crippen LogP contribution in [0.15, 0.2) is 12.4 Å². The average Bonchev–Trinajstić information content (AvgIpc) is 3.46. The highest BCUT2D eigenvalue weighted by Gasteiger charge is 2.27. The molecule has 5 heterocycles. The summed E-state index contributed by atoms with van der Waals surface area (Å²) in [7, 11) is 1.76. The average molecular weight is 458 g/mol. The number of H-pyrrole nitrogens is 1. The number of imidazole rings is 1. The van der Waals surface area contributed by atoms with Crippen LogP contribution in [0.2, 0.25) is 0 Å². The van der Waals surface area contributed by atoms with Crippen molar-refractivity contribution in [2.45, 2.75) is 0 Å². The number of carbonyl (C=O) groups excluding carboxylic acids is 1. The van der Waals surface area contributed by atoms with Gasteiger partial charge >= 0.3 is 0 Å². The summed E-state index contributed by atoms with van der Waals surface area (Å²) in [6, 6.07) is 0. The second kappa shape index (κ2) is 9.41. The van der Waals surface area contributed by atoms with Crippen LogP contribution >= 0.6 is 0 Å². The Kier molecular flexibility index (Phi) is 6.20. The van der Waals surface area contributed by atoms with Gasteiger partial charge in [-0.3, -0.25) is 14.4 Å². The van der Waals surface area contributed by atoms with Crippen LogP contribution in [-0.4, -0.2) is 101 Å². The van der Waals surface area contributed by atoms with Gasteiger partial charge in [0.2, 0.25) is 0 Å². The van der Waals surface area contributed by atoms with Gasteiger partial charge < -0.3 is 24.7 Å². The monoisotopic (exact) mass is 458 g/mol. The van der Waals surface area contributed by atoms with Gasteiger partial charge in [0.15, 0.2) is 17.3 Å². The van der Waals surface area contributed by atoms with E-state index in [1.807, 2.05) is 4.90 Å². The van der Waals surface area contributed by atoms with Crippen molar-refractivity contribution in [3.05, 3.63) is 24.0 Å². The zero-order chi connectivity index (χ0) is 22.8. The number of pyridine rings is 1. The first-order valence-electron chi connectivity index (χ1n) is 11.1. The van der Waals surface area contributed by atoms with Gasteiger partial charge in [-0.25, -0.2) is 14.4 Å². The van der Waals surface area contributed by atoms with Gasteiger partial charge in [-0.15, -0.1) is 0 Å². The Bertz CT molecular complexity index is 1130. The normalized spacial score (nSPS) is 17.6. The summed E-state index contributed by atoms with van der Waals surface area (Å²) in [5.74, 6) is -0.725. The number of halogens is 1. The molecule has 3 aromatic heterocycles. The lowest BCUT2D eigenvalue weighted by atomic mass is 10.1. The number of anilines is 1. The molecule has 2 fully saturated rings. The standard InChI is InChI=1S/C21H27FN8O3/c1-28-13-14(12-24-28)16-15(22)18(30-6-10-33-11-7-30)17-19(25-16)27-20(26-17)21(31)23-2-3-29-4-8-32-9-5-29/h12-13H,2-11H2,1H3,(H,23,31)(H,25,26,27). The molecule has 2 aliphatic heterocycles. The number of hydrogen-bond donors (Lipinski definition) is 2. The number of aromatic nitrogens is 5. The van der Waals surface area contributed by atoms with Crippen LogP contribution in [0.3, 0.4) is 0 Å². The van der Waals surface area contributed by atoms with Crippen molar-refractivity contribution in [3.63, 3.8) is 0 Å². The minimum atomic E-state index is -0.483. The molecule has 2 N–H and O–H groups in total. The van der Waals surface area contributed by atoms with Crippen molar-refractivity contribution in [1.29, 1.82) is 0 Å². The van der Waals surface area contributed by atoms with E-state index in [9.17, 15) is 4.79 Å². The number of aryl methyl sites for hydroxylation is 1. The Morgan fingerprint density at radius 1 is 1.15 bits per heavy atom. The van der Waals surface area contributed by atoms with Gasteiger partial charge in [-0.05, 0) is 0 Å². The minimum absolute atomic E-state index is 0.108. The molecule has 2 aliphatic rings. The number of amides is 1. The molecule has 0 spiro atoms. The third-order valence-electron chi connectivity index (χ3n) is 5.89. The zero-order valence-electron chi connectivity index (χ0n) is 18.5. The molecule has 0 bridgehead atoms. The van der Waals surface area contributed by atoms with Gasteiger partial charge in [0.05, 0.1) is 32.6 Å². The van der Waals surface area contributed by atoms with Gasteiger partial charge in [0, 0.05) is 58.1 Å². The SMILES string of the molecule is Cn1cc(-c2nc3[nH]c(C(=O)NCCN4CCOCC4)nc3c(N3CCOCC3)c2F)cn1. The number of fused-ring (bicyclic) bond motifs is 1. The molecule has 33 heavy (non-hydrogen) atoms. The number of hydrogen-bond acceptors (Lipinski definition) is 8. The largest absolute Gasteiger partial charge is 0.379 e. The number of nitrogens with zero attached hydrogens (tertiary/aromatic N) is 6. The molecular formula is C21H27FN8O3. The Hall–Kier alpha value is -3.09. The lowest BCUT2D eigenvalue weighted by molar-refractivity contribution is 0.0383. The van der Waals surface area contributed by atoms with Crippen molar-refractivity contribution in [2.24, 2.45) is 7.05 Å². The first-order chi connectivity index (χ1) is 16.1.